The normalized spacial score (nSPS) is 19.9. The molecule has 2 aliphatic rings. The van der Waals surface area contributed by atoms with Crippen molar-refractivity contribution >= 4 is 16.9 Å². The monoisotopic (exact) mass is 373 g/mol. The zero-order chi connectivity index (χ0) is 19.4. The number of rotatable bonds is 4. The Balaban J connectivity index is 1.26. The third-order valence-corrected chi connectivity index (χ3v) is 5.28. The number of imidazole rings is 1. The van der Waals surface area contributed by atoms with Crippen molar-refractivity contribution in [3.63, 3.8) is 0 Å². The maximum atomic E-state index is 13.5. The minimum Gasteiger partial charge on any atom is -0.350 e. The quantitative estimate of drug-likeness (QED) is 0.861. The molecule has 146 valence electrons. The molecule has 0 saturated carbocycles. The van der Waals surface area contributed by atoms with Gasteiger partial charge in [-0.15, -0.1) is 0 Å². The number of halogens is 1. The standard InChI is InChI=1S/C20H28FN5O/c1-13-5-14(21)6-15-18(13)23-16(22-15)7-25-9-20(10-25)11-26(12-20)8-17(27)24-19(2,3)4/h5-6H,7-12H2,1-4H3,(H,22,23)(H,24,27). The van der Waals surface area contributed by atoms with Crippen LogP contribution in [0.2, 0.25) is 0 Å². The fraction of sp³-hybridized carbons (Fsp3) is 0.600. The van der Waals surface area contributed by atoms with Crippen molar-refractivity contribution in [2.45, 2.75) is 39.8 Å². The molecular formula is C20H28FN5O. The van der Waals surface area contributed by atoms with Crippen molar-refractivity contribution in [3.8, 4) is 0 Å². The highest BCUT2D eigenvalue weighted by atomic mass is 19.1. The average molecular weight is 373 g/mol. The van der Waals surface area contributed by atoms with Gasteiger partial charge in [-0.25, -0.2) is 9.37 Å². The van der Waals surface area contributed by atoms with Crippen LogP contribution in [-0.2, 0) is 11.3 Å². The molecule has 2 aromatic rings. The lowest BCUT2D eigenvalue weighted by Gasteiger charge is -2.60. The second-order valence-corrected chi connectivity index (χ2v) is 9.39. The van der Waals surface area contributed by atoms with Gasteiger partial charge in [-0.2, -0.15) is 0 Å². The molecule has 0 aliphatic carbocycles. The predicted octanol–water partition coefficient (Wildman–Crippen LogP) is 2.04. The molecule has 7 heteroatoms. The van der Waals surface area contributed by atoms with E-state index >= 15 is 0 Å². The van der Waals surface area contributed by atoms with E-state index in [1.54, 1.807) is 0 Å². The number of carbonyl (C=O) groups is 1. The number of nitrogens with zero attached hydrogens (tertiary/aromatic N) is 3. The number of hydrogen-bond acceptors (Lipinski definition) is 4. The van der Waals surface area contributed by atoms with Crippen molar-refractivity contribution in [1.29, 1.82) is 0 Å². The maximum absolute atomic E-state index is 13.5. The molecule has 1 spiro atoms. The minimum absolute atomic E-state index is 0.0957. The summed E-state index contributed by atoms with van der Waals surface area (Å²) in [5.74, 6) is 0.746. The predicted molar refractivity (Wildman–Crippen MR) is 103 cm³/mol. The summed E-state index contributed by atoms with van der Waals surface area (Å²) in [6, 6.07) is 3.02. The molecule has 2 fully saturated rings. The zero-order valence-electron chi connectivity index (χ0n) is 16.5. The van der Waals surface area contributed by atoms with Gasteiger partial charge in [-0.3, -0.25) is 14.6 Å². The van der Waals surface area contributed by atoms with E-state index in [9.17, 15) is 9.18 Å². The number of hydrogen-bond donors (Lipinski definition) is 2. The van der Waals surface area contributed by atoms with Crippen molar-refractivity contribution < 1.29 is 9.18 Å². The highest BCUT2D eigenvalue weighted by Crippen LogP contribution is 2.40. The highest BCUT2D eigenvalue weighted by molar-refractivity contribution is 5.79. The molecule has 0 bridgehead atoms. The molecule has 1 aromatic carbocycles. The summed E-state index contributed by atoms with van der Waals surface area (Å²) in [7, 11) is 0. The lowest BCUT2D eigenvalue weighted by atomic mass is 9.73. The fourth-order valence-electron chi connectivity index (χ4n) is 4.47. The number of fused-ring (bicyclic) bond motifs is 1. The first-order chi connectivity index (χ1) is 12.6. The third-order valence-electron chi connectivity index (χ3n) is 5.28. The van der Waals surface area contributed by atoms with Crippen molar-refractivity contribution in [1.82, 2.24) is 25.1 Å². The van der Waals surface area contributed by atoms with Gasteiger partial charge in [0, 0.05) is 37.1 Å². The van der Waals surface area contributed by atoms with Gasteiger partial charge in [0.2, 0.25) is 5.91 Å². The van der Waals surface area contributed by atoms with E-state index in [0.29, 0.717) is 12.0 Å². The molecule has 1 aromatic heterocycles. The molecule has 1 amide bonds. The first kappa shape index (κ1) is 18.4. The molecule has 0 unspecified atom stereocenters. The highest BCUT2D eigenvalue weighted by Gasteiger charge is 2.51. The molecule has 4 rings (SSSR count). The number of nitrogens with one attached hydrogen (secondary N) is 2. The van der Waals surface area contributed by atoms with Crippen LogP contribution in [0.5, 0.6) is 0 Å². The number of carbonyl (C=O) groups excluding carboxylic acids is 1. The second-order valence-electron chi connectivity index (χ2n) is 9.39. The van der Waals surface area contributed by atoms with Gasteiger partial charge in [0.1, 0.15) is 11.6 Å². The van der Waals surface area contributed by atoms with Gasteiger partial charge in [0.05, 0.1) is 24.1 Å². The lowest BCUT2D eigenvalue weighted by molar-refractivity contribution is -0.139. The molecule has 0 atom stereocenters. The van der Waals surface area contributed by atoms with Crippen molar-refractivity contribution in [2.75, 3.05) is 32.7 Å². The number of aromatic nitrogens is 2. The van der Waals surface area contributed by atoms with Crippen LogP contribution in [0.1, 0.15) is 32.2 Å². The molecule has 6 nitrogen and oxygen atoms in total. The Morgan fingerprint density at radius 3 is 2.59 bits per heavy atom. The van der Waals surface area contributed by atoms with Gasteiger partial charge in [0.25, 0.3) is 0 Å². The van der Waals surface area contributed by atoms with E-state index in [2.05, 4.69) is 25.1 Å². The Morgan fingerprint density at radius 2 is 1.93 bits per heavy atom. The number of amides is 1. The summed E-state index contributed by atoms with van der Waals surface area (Å²) in [6.45, 7) is 13.1. The van der Waals surface area contributed by atoms with Crippen LogP contribution in [-0.4, -0.2) is 63.9 Å². The number of benzene rings is 1. The van der Waals surface area contributed by atoms with E-state index < -0.39 is 0 Å². The van der Waals surface area contributed by atoms with Gasteiger partial charge in [0.15, 0.2) is 0 Å². The maximum Gasteiger partial charge on any atom is 0.234 e. The summed E-state index contributed by atoms with van der Waals surface area (Å²) in [6.07, 6.45) is 0. The van der Waals surface area contributed by atoms with Crippen LogP contribution >= 0.6 is 0 Å². The Hall–Kier alpha value is -1.99. The molecular weight excluding hydrogens is 345 g/mol. The van der Waals surface area contributed by atoms with Crippen LogP contribution in [0.3, 0.4) is 0 Å². The van der Waals surface area contributed by atoms with Crippen LogP contribution in [0.15, 0.2) is 12.1 Å². The summed E-state index contributed by atoms with van der Waals surface area (Å²) >= 11 is 0. The largest absolute Gasteiger partial charge is 0.350 e. The summed E-state index contributed by atoms with van der Waals surface area (Å²) in [4.78, 5) is 24.5. The fourth-order valence-corrected chi connectivity index (χ4v) is 4.47. The van der Waals surface area contributed by atoms with Crippen molar-refractivity contribution in [2.24, 2.45) is 5.41 Å². The van der Waals surface area contributed by atoms with E-state index in [1.165, 1.54) is 12.1 Å². The van der Waals surface area contributed by atoms with Crippen LogP contribution in [0.25, 0.3) is 11.0 Å². The molecule has 0 radical (unpaired) electrons. The molecule has 2 saturated heterocycles. The number of likely N-dealkylation sites (tertiary alicyclic amines) is 2. The first-order valence-corrected chi connectivity index (χ1v) is 9.51. The molecule has 2 aliphatic heterocycles. The van der Waals surface area contributed by atoms with E-state index in [4.69, 9.17) is 0 Å². The third kappa shape index (κ3) is 3.84. The zero-order valence-corrected chi connectivity index (χ0v) is 16.5. The Bertz CT molecular complexity index is 870. The molecule has 27 heavy (non-hydrogen) atoms. The van der Waals surface area contributed by atoms with Crippen LogP contribution in [0, 0.1) is 18.2 Å². The van der Waals surface area contributed by atoms with E-state index in [0.717, 1.165) is 55.1 Å². The summed E-state index contributed by atoms with van der Waals surface area (Å²) in [5, 5.41) is 3.01. The molecule has 2 N–H and O–H groups in total. The Morgan fingerprint density at radius 1 is 1.26 bits per heavy atom. The van der Waals surface area contributed by atoms with Gasteiger partial charge in [-0.1, -0.05) is 0 Å². The number of aryl methyl sites for hydroxylation is 1. The van der Waals surface area contributed by atoms with Crippen LogP contribution in [0.4, 0.5) is 4.39 Å². The Kier molecular flexibility index (Phi) is 4.27. The number of H-pyrrole nitrogens is 1. The van der Waals surface area contributed by atoms with E-state index in [1.807, 2.05) is 27.7 Å². The second kappa shape index (κ2) is 6.27. The van der Waals surface area contributed by atoms with Gasteiger partial charge in [-0.05, 0) is 45.4 Å². The smallest absolute Gasteiger partial charge is 0.234 e. The van der Waals surface area contributed by atoms with E-state index in [-0.39, 0.29) is 17.3 Å². The number of aromatic amines is 1. The van der Waals surface area contributed by atoms with Gasteiger partial charge < -0.3 is 10.3 Å². The summed E-state index contributed by atoms with van der Waals surface area (Å²) in [5.41, 5.74) is 2.62. The van der Waals surface area contributed by atoms with Gasteiger partial charge >= 0.3 is 0 Å². The van der Waals surface area contributed by atoms with Crippen LogP contribution < -0.4 is 5.32 Å². The first-order valence-electron chi connectivity index (χ1n) is 9.51. The SMILES string of the molecule is Cc1cc(F)cc2[nH]c(CN3CC4(CN(CC(=O)NC(C)(C)C)C4)C3)nc12. The Labute approximate surface area is 159 Å². The minimum atomic E-state index is -0.233. The topological polar surface area (TPSA) is 64.3 Å². The lowest BCUT2D eigenvalue weighted by Crippen LogP contribution is -2.72. The van der Waals surface area contributed by atoms with Crippen molar-refractivity contribution in [3.05, 3.63) is 29.3 Å². The average Bonchev–Trinajstić information content (AvgIpc) is 2.83. The molecule has 3 heterocycles. The summed E-state index contributed by atoms with van der Waals surface area (Å²) < 4.78 is 13.5.